The standard InChI is InChI=1S/C27H30N6S2/c1-19-18-22(31(3)25-11-12-26(35-25)33-14-5-6-15-33)8-9-23(19)30-29-21-7-10-24(20(2)17-21)32(4)27-28-13-16-34-27/h7-13,16-18H,5-6,14-15H2,1-4H3. The minimum absolute atomic E-state index is 0.840. The summed E-state index contributed by atoms with van der Waals surface area (Å²) >= 11 is 3.48. The topological polar surface area (TPSA) is 47.3 Å². The maximum atomic E-state index is 4.55. The highest BCUT2D eigenvalue weighted by molar-refractivity contribution is 7.20. The van der Waals surface area contributed by atoms with Crippen LogP contribution in [0.3, 0.4) is 0 Å². The zero-order valence-electron chi connectivity index (χ0n) is 20.6. The average Bonchev–Trinajstić information content (AvgIpc) is 3.64. The molecule has 0 spiro atoms. The third kappa shape index (κ3) is 5.09. The molecular formula is C27H30N6S2. The summed E-state index contributed by atoms with van der Waals surface area (Å²) in [6.07, 6.45) is 4.42. The van der Waals surface area contributed by atoms with E-state index >= 15 is 0 Å². The van der Waals surface area contributed by atoms with E-state index < -0.39 is 0 Å². The molecule has 1 fully saturated rings. The second-order valence-corrected chi connectivity index (χ2v) is 10.8. The van der Waals surface area contributed by atoms with Gasteiger partial charge in [-0.3, -0.25) is 0 Å². The molecule has 2 aromatic carbocycles. The van der Waals surface area contributed by atoms with Crippen LogP contribution in [-0.2, 0) is 0 Å². The SMILES string of the molecule is Cc1cc(N(C)c2ccc(N3CCCC3)s2)ccc1N=Nc1ccc(N(C)c2nccs2)c(C)c1. The van der Waals surface area contributed by atoms with E-state index in [2.05, 4.69) is 93.3 Å². The number of nitrogens with zero attached hydrogens (tertiary/aromatic N) is 6. The Bertz CT molecular complexity index is 1320. The molecule has 0 amide bonds. The molecule has 4 aromatic rings. The number of hydrogen-bond donors (Lipinski definition) is 0. The summed E-state index contributed by atoms with van der Waals surface area (Å²) in [5, 5.41) is 14.6. The van der Waals surface area contributed by atoms with Crippen molar-refractivity contribution in [3.8, 4) is 0 Å². The first-order chi connectivity index (χ1) is 17.0. The number of benzene rings is 2. The van der Waals surface area contributed by atoms with Gasteiger partial charge in [0.1, 0.15) is 0 Å². The number of anilines is 5. The van der Waals surface area contributed by atoms with Gasteiger partial charge in [0.15, 0.2) is 5.13 Å². The van der Waals surface area contributed by atoms with Gasteiger partial charge in [0, 0.05) is 50.1 Å². The first kappa shape index (κ1) is 23.5. The second kappa shape index (κ2) is 10.2. The predicted octanol–water partition coefficient (Wildman–Crippen LogP) is 8.37. The van der Waals surface area contributed by atoms with Crippen molar-refractivity contribution in [2.24, 2.45) is 10.2 Å². The molecule has 1 aliphatic heterocycles. The zero-order chi connectivity index (χ0) is 24.4. The minimum Gasteiger partial charge on any atom is -0.363 e. The lowest BCUT2D eigenvalue weighted by molar-refractivity contribution is 0.949. The monoisotopic (exact) mass is 502 g/mol. The summed E-state index contributed by atoms with van der Waals surface area (Å²) in [6, 6.07) is 17.0. The van der Waals surface area contributed by atoms with Crippen LogP contribution in [0.15, 0.2) is 70.3 Å². The van der Waals surface area contributed by atoms with E-state index in [1.165, 1.54) is 35.9 Å². The summed E-state index contributed by atoms with van der Waals surface area (Å²) in [5.41, 5.74) is 6.23. The predicted molar refractivity (Wildman–Crippen MR) is 151 cm³/mol. The van der Waals surface area contributed by atoms with Gasteiger partial charge < -0.3 is 14.7 Å². The van der Waals surface area contributed by atoms with E-state index in [1.54, 1.807) is 11.3 Å². The van der Waals surface area contributed by atoms with Crippen molar-refractivity contribution in [1.29, 1.82) is 0 Å². The fourth-order valence-corrected chi connectivity index (χ4v) is 6.03. The van der Waals surface area contributed by atoms with Gasteiger partial charge in [-0.05, 0) is 86.3 Å². The molecule has 8 heteroatoms. The number of rotatable bonds is 7. The van der Waals surface area contributed by atoms with Crippen LogP contribution in [0.1, 0.15) is 24.0 Å². The van der Waals surface area contributed by atoms with Gasteiger partial charge in [0.05, 0.1) is 21.4 Å². The van der Waals surface area contributed by atoms with Crippen molar-refractivity contribution in [2.75, 3.05) is 41.9 Å². The number of aryl methyl sites for hydroxylation is 2. The lowest BCUT2D eigenvalue weighted by atomic mass is 10.1. The Morgan fingerprint density at radius 1 is 0.886 bits per heavy atom. The molecule has 0 radical (unpaired) electrons. The third-order valence-electron chi connectivity index (χ3n) is 6.41. The van der Waals surface area contributed by atoms with E-state index in [-0.39, 0.29) is 0 Å². The van der Waals surface area contributed by atoms with Crippen molar-refractivity contribution in [3.05, 3.63) is 71.2 Å². The summed E-state index contributed by atoms with van der Waals surface area (Å²) in [5.74, 6) is 0. The van der Waals surface area contributed by atoms with Crippen LogP contribution in [0.25, 0.3) is 0 Å². The van der Waals surface area contributed by atoms with Gasteiger partial charge in [-0.15, -0.1) is 22.7 Å². The van der Waals surface area contributed by atoms with Crippen molar-refractivity contribution in [3.63, 3.8) is 0 Å². The first-order valence-electron chi connectivity index (χ1n) is 11.8. The fraction of sp³-hybridized carbons (Fsp3) is 0.296. The maximum Gasteiger partial charge on any atom is 0.189 e. The van der Waals surface area contributed by atoms with Gasteiger partial charge >= 0.3 is 0 Å². The maximum absolute atomic E-state index is 4.55. The highest BCUT2D eigenvalue weighted by atomic mass is 32.1. The molecule has 35 heavy (non-hydrogen) atoms. The molecule has 6 nitrogen and oxygen atoms in total. The van der Waals surface area contributed by atoms with Gasteiger partial charge in [-0.1, -0.05) is 0 Å². The van der Waals surface area contributed by atoms with Gasteiger partial charge in [-0.25, -0.2) is 4.98 Å². The number of azo groups is 1. The Kier molecular flexibility index (Phi) is 6.83. The molecule has 0 N–H and O–H groups in total. The zero-order valence-corrected chi connectivity index (χ0v) is 22.2. The molecule has 0 bridgehead atoms. The Morgan fingerprint density at radius 3 is 2.43 bits per heavy atom. The third-order valence-corrected chi connectivity index (χ3v) is 8.49. The summed E-state index contributed by atoms with van der Waals surface area (Å²) < 4.78 is 0. The van der Waals surface area contributed by atoms with Gasteiger partial charge in [0.2, 0.25) is 0 Å². The number of hydrogen-bond acceptors (Lipinski definition) is 8. The molecule has 1 aliphatic rings. The van der Waals surface area contributed by atoms with Crippen LogP contribution < -0.4 is 14.7 Å². The van der Waals surface area contributed by atoms with E-state index in [4.69, 9.17) is 0 Å². The second-order valence-electron chi connectivity index (χ2n) is 8.88. The molecule has 0 atom stereocenters. The molecule has 0 unspecified atom stereocenters. The molecule has 0 aliphatic carbocycles. The molecule has 3 heterocycles. The first-order valence-corrected chi connectivity index (χ1v) is 13.5. The van der Waals surface area contributed by atoms with E-state index in [1.807, 2.05) is 36.0 Å². The number of aromatic nitrogens is 1. The van der Waals surface area contributed by atoms with Crippen molar-refractivity contribution < 1.29 is 0 Å². The fourth-order valence-electron chi connectivity index (χ4n) is 4.37. The molecular weight excluding hydrogens is 472 g/mol. The van der Waals surface area contributed by atoms with Crippen LogP contribution in [0, 0.1) is 13.8 Å². The summed E-state index contributed by atoms with van der Waals surface area (Å²) in [7, 11) is 4.16. The molecule has 180 valence electrons. The van der Waals surface area contributed by atoms with E-state index in [0.717, 1.165) is 39.0 Å². The molecule has 2 aromatic heterocycles. The Balaban J connectivity index is 1.29. The van der Waals surface area contributed by atoms with Crippen LogP contribution in [-0.4, -0.2) is 32.2 Å². The highest BCUT2D eigenvalue weighted by Crippen LogP contribution is 2.38. The average molecular weight is 503 g/mol. The normalized spacial score (nSPS) is 13.7. The smallest absolute Gasteiger partial charge is 0.189 e. The molecule has 1 saturated heterocycles. The number of thiophene rings is 1. The Hall–Kier alpha value is -3.23. The van der Waals surface area contributed by atoms with Crippen molar-refractivity contribution >= 4 is 60.6 Å². The highest BCUT2D eigenvalue weighted by Gasteiger charge is 2.16. The molecule has 0 saturated carbocycles. The van der Waals surface area contributed by atoms with E-state index in [0.29, 0.717) is 0 Å². The van der Waals surface area contributed by atoms with Crippen LogP contribution in [0.4, 0.5) is 37.9 Å². The van der Waals surface area contributed by atoms with Crippen molar-refractivity contribution in [2.45, 2.75) is 26.7 Å². The van der Waals surface area contributed by atoms with Crippen LogP contribution >= 0.6 is 22.7 Å². The lowest BCUT2D eigenvalue weighted by Gasteiger charge is -2.19. The van der Waals surface area contributed by atoms with Crippen LogP contribution in [0.2, 0.25) is 0 Å². The Morgan fingerprint density at radius 2 is 1.71 bits per heavy atom. The summed E-state index contributed by atoms with van der Waals surface area (Å²) in [4.78, 5) is 11.2. The van der Waals surface area contributed by atoms with Crippen LogP contribution in [0.5, 0.6) is 0 Å². The largest absolute Gasteiger partial charge is 0.363 e. The van der Waals surface area contributed by atoms with Gasteiger partial charge in [-0.2, -0.15) is 10.2 Å². The molecule has 5 rings (SSSR count). The number of thiazole rings is 1. The quantitative estimate of drug-likeness (QED) is 0.238. The Labute approximate surface area is 215 Å². The minimum atomic E-state index is 0.840. The summed E-state index contributed by atoms with van der Waals surface area (Å²) in [6.45, 7) is 6.53. The van der Waals surface area contributed by atoms with Crippen molar-refractivity contribution in [1.82, 2.24) is 4.98 Å². The van der Waals surface area contributed by atoms with Gasteiger partial charge in [0.25, 0.3) is 0 Å². The van der Waals surface area contributed by atoms with E-state index in [9.17, 15) is 0 Å². The lowest BCUT2D eigenvalue weighted by Crippen LogP contribution is -2.15.